The number of hydrogen-bond donors (Lipinski definition) is 1. The third kappa shape index (κ3) is 3.53. The molecule has 1 unspecified atom stereocenters. The van der Waals surface area contributed by atoms with Crippen molar-refractivity contribution in [2.24, 2.45) is 5.92 Å². The molecule has 0 radical (unpaired) electrons. The molecule has 1 heterocycles. The minimum Gasteiger partial charge on any atom is -0.496 e. The molecule has 1 saturated heterocycles. The van der Waals surface area contributed by atoms with E-state index in [-0.39, 0.29) is 0 Å². The molecule has 0 bridgehead atoms. The molecule has 1 aliphatic heterocycles. The highest BCUT2D eigenvalue weighted by atomic mass is 16.5. The van der Waals surface area contributed by atoms with Crippen molar-refractivity contribution in [3.05, 3.63) is 29.8 Å². The highest BCUT2D eigenvalue weighted by Crippen LogP contribution is 2.33. The van der Waals surface area contributed by atoms with Gasteiger partial charge in [-0.3, -0.25) is 0 Å². The van der Waals surface area contributed by atoms with Crippen molar-refractivity contribution in [1.29, 1.82) is 0 Å². The van der Waals surface area contributed by atoms with Crippen LogP contribution in [0.2, 0.25) is 0 Å². The number of methoxy groups -OCH3 is 1. The maximum atomic E-state index is 5.45. The van der Waals surface area contributed by atoms with Gasteiger partial charge in [0.25, 0.3) is 0 Å². The average Bonchev–Trinajstić information content (AvgIpc) is 3.31. The van der Waals surface area contributed by atoms with Crippen LogP contribution < -0.4 is 10.1 Å². The van der Waals surface area contributed by atoms with Gasteiger partial charge in [0.2, 0.25) is 0 Å². The summed E-state index contributed by atoms with van der Waals surface area (Å²) < 4.78 is 5.45. The molecule has 0 amide bonds. The van der Waals surface area contributed by atoms with E-state index in [0.717, 1.165) is 30.7 Å². The van der Waals surface area contributed by atoms with Gasteiger partial charge >= 0.3 is 0 Å². The van der Waals surface area contributed by atoms with Crippen molar-refractivity contribution >= 4 is 0 Å². The fourth-order valence-corrected chi connectivity index (χ4v) is 3.23. The number of nitrogens with zero attached hydrogens (tertiary/aromatic N) is 1. The van der Waals surface area contributed by atoms with E-state index in [1.807, 2.05) is 6.07 Å². The molecule has 1 atom stereocenters. The van der Waals surface area contributed by atoms with Gasteiger partial charge in [0.1, 0.15) is 5.75 Å². The van der Waals surface area contributed by atoms with Crippen LogP contribution >= 0.6 is 0 Å². The quantitative estimate of drug-likeness (QED) is 0.892. The lowest BCUT2D eigenvalue weighted by Gasteiger charge is -2.24. The van der Waals surface area contributed by atoms with Crippen LogP contribution in [0.4, 0.5) is 0 Å². The summed E-state index contributed by atoms with van der Waals surface area (Å²) >= 11 is 0. The van der Waals surface area contributed by atoms with Gasteiger partial charge in [-0.05, 0) is 56.3 Å². The normalized spacial score (nSPS) is 24.4. The van der Waals surface area contributed by atoms with E-state index in [4.69, 9.17) is 4.74 Å². The molecular weight excluding hydrogens is 248 g/mol. The largest absolute Gasteiger partial charge is 0.496 e. The van der Waals surface area contributed by atoms with E-state index >= 15 is 0 Å². The fraction of sp³-hybridized carbons (Fsp3) is 0.647. The number of rotatable bonds is 5. The third-order valence-corrected chi connectivity index (χ3v) is 4.59. The van der Waals surface area contributed by atoms with E-state index in [9.17, 15) is 0 Å². The molecule has 0 aromatic heterocycles. The summed E-state index contributed by atoms with van der Waals surface area (Å²) in [5.41, 5.74) is 1.33. The van der Waals surface area contributed by atoms with Gasteiger partial charge in [-0.25, -0.2) is 0 Å². The zero-order valence-electron chi connectivity index (χ0n) is 12.5. The van der Waals surface area contributed by atoms with Gasteiger partial charge in [0.05, 0.1) is 7.11 Å². The first-order valence-corrected chi connectivity index (χ1v) is 7.94. The molecule has 20 heavy (non-hydrogen) atoms. The van der Waals surface area contributed by atoms with Crippen LogP contribution in [0, 0.1) is 5.92 Å². The van der Waals surface area contributed by atoms with Gasteiger partial charge in [-0.1, -0.05) is 18.2 Å². The van der Waals surface area contributed by atoms with Crippen LogP contribution in [0.5, 0.6) is 5.75 Å². The molecule has 110 valence electrons. The highest BCUT2D eigenvalue weighted by molar-refractivity contribution is 5.33. The van der Waals surface area contributed by atoms with Crippen LogP contribution in [-0.4, -0.2) is 44.2 Å². The second-order valence-electron chi connectivity index (χ2n) is 6.11. The Bertz CT molecular complexity index is 431. The first kappa shape index (κ1) is 13.9. The van der Waals surface area contributed by atoms with E-state index in [2.05, 4.69) is 28.4 Å². The fourth-order valence-electron chi connectivity index (χ4n) is 3.23. The maximum Gasteiger partial charge on any atom is 0.122 e. The third-order valence-electron chi connectivity index (χ3n) is 4.59. The van der Waals surface area contributed by atoms with Gasteiger partial charge in [-0.2, -0.15) is 0 Å². The summed E-state index contributed by atoms with van der Waals surface area (Å²) in [7, 11) is 1.76. The van der Waals surface area contributed by atoms with Crippen molar-refractivity contribution in [2.75, 3.05) is 33.3 Å². The number of nitrogens with one attached hydrogen (secondary N) is 1. The van der Waals surface area contributed by atoms with Crippen molar-refractivity contribution in [3.8, 4) is 5.75 Å². The number of para-hydroxylation sites is 1. The molecule has 3 nitrogen and oxygen atoms in total. The molecule has 1 aliphatic carbocycles. The monoisotopic (exact) mass is 274 g/mol. The molecule has 3 rings (SSSR count). The van der Waals surface area contributed by atoms with E-state index in [1.54, 1.807) is 7.11 Å². The summed E-state index contributed by atoms with van der Waals surface area (Å²) in [5.74, 6) is 1.97. The minimum atomic E-state index is 0.732. The van der Waals surface area contributed by atoms with Crippen LogP contribution in [-0.2, 0) is 6.42 Å². The number of hydrogen-bond acceptors (Lipinski definition) is 3. The maximum absolute atomic E-state index is 5.45. The van der Waals surface area contributed by atoms with E-state index < -0.39 is 0 Å². The van der Waals surface area contributed by atoms with Crippen molar-refractivity contribution in [1.82, 2.24) is 10.2 Å². The molecule has 1 saturated carbocycles. The Kier molecular flexibility index (Phi) is 4.58. The molecule has 1 N–H and O–H groups in total. The molecule has 1 aromatic rings. The second kappa shape index (κ2) is 6.59. The molecule has 1 aromatic carbocycles. The Morgan fingerprint density at radius 2 is 2.15 bits per heavy atom. The summed E-state index contributed by atoms with van der Waals surface area (Å²) in [6.45, 7) is 4.78. The Labute approximate surface area is 122 Å². The summed E-state index contributed by atoms with van der Waals surface area (Å²) in [4.78, 5) is 2.63. The summed E-state index contributed by atoms with van der Waals surface area (Å²) in [6.07, 6.45) is 5.21. The summed E-state index contributed by atoms with van der Waals surface area (Å²) in [5, 5.41) is 3.73. The van der Waals surface area contributed by atoms with Gasteiger partial charge in [0, 0.05) is 19.1 Å². The van der Waals surface area contributed by atoms with Gasteiger partial charge in [0.15, 0.2) is 0 Å². The highest BCUT2D eigenvalue weighted by Gasteiger charge is 2.32. The predicted octanol–water partition coefficient (Wildman–Crippen LogP) is 2.31. The Balaban J connectivity index is 1.56. The number of ether oxygens (including phenoxy) is 1. The first-order valence-electron chi connectivity index (χ1n) is 7.94. The summed E-state index contributed by atoms with van der Waals surface area (Å²) in [6, 6.07) is 9.13. The molecular formula is C17H26N2O. The standard InChI is InChI=1S/C17H26N2O/c1-20-17-6-3-2-5-15(17)9-12-19-11-4-10-18-16(13-19)14-7-8-14/h2-3,5-6,14,16,18H,4,7-13H2,1H3. The SMILES string of the molecule is COc1ccccc1CCN1CCCNC(C2CC2)C1. The average molecular weight is 274 g/mol. The zero-order chi connectivity index (χ0) is 13.8. The second-order valence-corrected chi connectivity index (χ2v) is 6.11. The molecule has 2 aliphatic rings. The van der Waals surface area contributed by atoms with Gasteiger partial charge < -0.3 is 15.0 Å². The topological polar surface area (TPSA) is 24.5 Å². The van der Waals surface area contributed by atoms with E-state index in [1.165, 1.54) is 44.5 Å². The number of benzene rings is 1. The van der Waals surface area contributed by atoms with Crippen LogP contribution in [0.3, 0.4) is 0 Å². The van der Waals surface area contributed by atoms with E-state index in [0.29, 0.717) is 0 Å². The Morgan fingerprint density at radius 3 is 2.95 bits per heavy atom. The van der Waals surface area contributed by atoms with Gasteiger partial charge in [-0.15, -0.1) is 0 Å². The van der Waals surface area contributed by atoms with Crippen molar-refractivity contribution in [2.45, 2.75) is 31.7 Å². The zero-order valence-corrected chi connectivity index (χ0v) is 12.5. The van der Waals surface area contributed by atoms with Crippen molar-refractivity contribution < 1.29 is 4.74 Å². The Morgan fingerprint density at radius 1 is 1.30 bits per heavy atom. The molecule has 0 spiro atoms. The predicted molar refractivity (Wildman–Crippen MR) is 82.3 cm³/mol. The van der Waals surface area contributed by atoms with Crippen molar-refractivity contribution in [3.63, 3.8) is 0 Å². The lowest BCUT2D eigenvalue weighted by molar-refractivity contribution is 0.260. The lowest BCUT2D eigenvalue weighted by Crippen LogP contribution is -2.39. The van der Waals surface area contributed by atoms with Crippen LogP contribution in [0.25, 0.3) is 0 Å². The lowest BCUT2D eigenvalue weighted by atomic mass is 10.1. The Hall–Kier alpha value is -1.06. The minimum absolute atomic E-state index is 0.732. The first-order chi connectivity index (χ1) is 9.86. The van der Waals surface area contributed by atoms with Crippen LogP contribution in [0.15, 0.2) is 24.3 Å². The molecule has 3 heteroatoms. The smallest absolute Gasteiger partial charge is 0.122 e. The molecule has 2 fully saturated rings. The van der Waals surface area contributed by atoms with Crippen LogP contribution in [0.1, 0.15) is 24.8 Å².